The normalized spacial score (nSPS) is 49.6. The van der Waals surface area contributed by atoms with Crippen molar-refractivity contribution in [1.29, 1.82) is 0 Å². The first-order valence-corrected chi connectivity index (χ1v) is 7.87. The summed E-state index contributed by atoms with van der Waals surface area (Å²) in [6.45, 7) is 2.20. The van der Waals surface area contributed by atoms with E-state index in [1.807, 2.05) is 6.92 Å². The number of hydrogen-bond acceptors (Lipinski definition) is 4. The maximum atomic E-state index is 12.2. The van der Waals surface area contributed by atoms with Crippen LogP contribution in [0.25, 0.3) is 0 Å². The molecule has 0 aromatic carbocycles. The van der Waals surface area contributed by atoms with Crippen molar-refractivity contribution in [3.63, 3.8) is 0 Å². The van der Waals surface area contributed by atoms with Gasteiger partial charge in [-0.05, 0) is 31.1 Å². The van der Waals surface area contributed by atoms with Crippen molar-refractivity contribution in [2.45, 2.75) is 29.8 Å². The van der Waals surface area contributed by atoms with Gasteiger partial charge in [0.1, 0.15) is 6.10 Å². The Morgan fingerprint density at radius 1 is 1.50 bits per heavy atom. The van der Waals surface area contributed by atoms with Gasteiger partial charge in [-0.2, -0.15) is 0 Å². The molecule has 0 aromatic heterocycles. The Bertz CT molecular complexity index is 444. The molecule has 0 N–H and O–H groups in total. The van der Waals surface area contributed by atoms with Crippen LogP contribution < -0.4 is 0 Å². The Hall–Kier alpha value is -0.330. The Morgan fingerprint density at radius 3 is 2.83 bits per heavy atom. The van der Waals surface area contributed by atoms with Crippen LogP contribution in [-0.2, 0) is 19.1 Å². The number of hydrogen-bond donors (Lipinski definition) is 0. The second-order valence-electron chi connectivity index (χ2n) is 5.93. The number of alkyl halides is 1. The van der Waals surface area contributed by atoms with E-state index in [0.717, 1.165) is 12.8 Å². The van der Waals surface area contributed by atoms with Crippen molar-refractivity contribution >= 4 is 34.5 Å². The molecular formula is C13H15IO4. The van der Waals surface area contributed by atoms with Crippen LogP contribution >= 0.6 is 22.6 Å². The van der Waals surface area contributed by atoms with Gasteiger partial charge in [-0.15, -0.1) is 0 Å². The molecule has 3 saturated carbocycles. The molecule has 18 heavy (non-hydrogen) atoms. The van der Waals surface area contributed by atoms with Gasteiger partial charge in [0.15, 0.2) is 0 Å². The standard InChI is InChI=1S/C13H15IO4/c1-2-17-11(15)5-6-8-10(18-12(6)16)9(14)7(5)13(8)3-4-13/h5-10H,2-4H2,1H3. The molecule has 1 saturated heterocycles. The Balaban J connectivity index is 1.77. The van der Waals surface area contributed by atoms with E-state index in [1.165, 1.54) is 0 Å². The van der Waals surface area contributed by atoms with Crippen LogP contribution in [-0.4, -0.2) is 28.6 Å². The molecule has 1 heterocycles. The summed E-state index contributed by atoms with van der Waals surface area (Å²) in [4.78, 5) is 24.2. The first kappa shape index (κ1) is 11.5. The average molecular weight is 362 g/mol. The van der Waals surface area contributed by atoms with Crippen LogP contribution in [0.3, 0.4) is 0 Å². The number of esters is 2. The molecule has 98 valence electrons. The minimum Gasteiger partial charge on any atom is -0.466 e. The molecule has 2 bridgehead atoms. The van der Waals surface area contributed by atoms with Crippen molar-refractivity contribution in [1.82, 2.24) is 0 Å². The van der Waals surface area contributed by atoms with Gasteiger partial charge in [-0.3, -0.25) is 9.59 Å². The molecule has 3 aliphatic carbocycles. The Labute approximate surface area is 119 Å². The maximum absolute atomic E-state index is 12.2. The lowest BCUT2D eigenvalue weighted by Gasteiger charge is -2.26. The zero-order valence-electron chi connectivity index (χ0n) is 10.1. The highest BCUT2D eigenvalue weighted by Crippen LogP contribution is 2.78. The third-order valence-corrected chi connectivity index (χ3v) is 6.89. The Kier molecular flexibility index (Phi) is 2.17. The molecule has 4 nitrogen and oxygen atoms in total. The summed E-state index contributed by atoms with van der Waals surface area (Å²) in [5.41, 5.74) is 0.227. The molecule has 6 atom stereocenters. The molecular weight excluding hydrogens is 347 g/mol. The van der Waals surface area contributed by atoms with Crippen LogP contribution in [0.15, 0.2) is 0 Å². The lowest BCUT2D eigenvalue weighted by atomic mass is 9.80. The van der Waals surface area contributed by atoms with Crippen LogP contribution in [0.2, 0.25) is 0 Å². The van der Waals surface area contributed by atoms with Crippen LogP contribution in [0, 0.1) is 29.1 Å². The summed E-state index contributed by atoms with van der Waals surface area (Å²) in [7, 11) is 0. The topological polar surface area (TPSA) is 52.6 Å². The van der Waals surface area contributed by atoms with E-state index >= 15 is 0 Å². The van der Waals surface area contributed by atoms with E-state index < -0.39 is 0 Å². The quantitative estimate of drug-likeness (QED) is 0.425. The van der Waals surface area contributed by atoms with Crippen molar-refractivity contribution in [2.24, 2.45) is 29.1 Å². The zero-order valence-corrected chi connectivity index (χ0v) is 12.3. The predicted octanol–water partition coefficient (Wildman–Crippen LogP) is 1.55. The third kappa shape index (κ3) is 1.09. The van der Waals surface area contributed by atoms with E-state index in [4.69, 9.17) is 9.47 Å². The fraction of sp³-hybridized carbons (Fsp3) is 0.846. The van der Waals surface area contributed by atoms with Gasteiger partial charge in [0, 0.05) is 5.92 Å². The minimum atomic E-state index is -0.245. The maximum Gasteiger partial charge on any atom is 0.310 e. The average Bonchev–Trinajstić information content (AvgIpc) is 2.92. The van der Waals surface area contributed by atoms with Crippen molar-refractivity contribution in [3.8, 4) is 0 Å². The smallest absolute Gasteiger partial charge is 0.310 e. The largest absolute Gasteiger partial charge is 0.466 e. The van der Waals surface area contributed by atoms with Gasteiger partial charge < -0.3 is 9.47 Å². The molecule has 4 fully saturated rings. The van der Waals surface area contributed by atoms with E-state index in [2.05, 4.69) is 22.6 Å². The molecule has 0 aromatic rings. The van der Waals surface area contributed by atoms with Gasteiger partial charge in [0.25, 0.3) is 0 Å². The van der Waals surface area contributed by atoms with Gasteiger partial charge >= 0.3 is 11.9 Å². The minimum absolute atomic E-state index is 0.0567. The van der Waals surface area contributed by atoms with E-state index in [1.54, 1.807) is 0 Å². The SMILES string of the molecule is CCOC(=O)C1C2C(=O)OC3C(I)C1C1(CC1)C32. The number of carbonyl (C=O) groups excluding carboxylic acids is 2. The second kappa shape index (κ2) is 3.41. The van der Waals surface area contributed by atoms with Crippen LogP contribution in [0.4, 0.5) is 0 Å². The molecule has 4 aliphatic rings. The molecule has 6 unspecified atom stereocenters. The van der Waals surface area contributed by atoms with Crippen LogP contribution in [0.5, 0.6) is 0 Å². The lowest BCUT2D eigenvalue weighted by molar-refractivity contribution is -0.155. The fourth-order valence-corrected chi connectivity index (χ4v) is 6.58. The van der Waals surface area contributed by atoms with Crippen molar-refractivity contribution < 1.29 is 19.1 Å². The van der Waals surface area contributed by atoms with Crippen molar-refractivity contribution in [3.05, 3.63) is 0 Å². The highest BCUT2D eigenvalue weighted by Gasteiger charge is 2.81. The Morgan fingerprint density at radius 2 is 2.22 bits per heavy atom. The van der Waals surface area contributed by atoms with Gasteiger partial charge in [0.05, 0.1) is 22.4 Å². The number of carbonyl (C=O) groups is 2. The van der Waals surface area contributed by atoms with Gasteiger partial charge in [0.2, 0.25) is 0 Å². The van der Waals surface area contributed by atoms with E-state index in [9.17, 15) is 9.59 Å². The van der Waals surface area contributed by atoms with E-state index in [0.29, 0.717) is 12.5 Å². The first-order chi connectivity index (χ1) is 8.62. The monoisotopic (exact) mass is 362 g/mol. The van der Waals surface area contributed by atoms with Gasteiger partial charge in [-0.1, -0.05) is 22.6 Å². The predicted molar refractivity (Wildman–Crippen MR) is 69.9 cm³/mol. The molecule has 1 spiro atoms. The van der Waals surface area contributed by atoms with Crippen LogP contribution in [0.1, 0.15) is 19.8 Å². The summed E-state index contributed by atoms with van der Waals surface area (Å²) >= 11 is 2.38. The summed E-state index contributed by atoms with van der Waals surface area (Å²) < 4.78 is 11.0. The molecule has 1 aliphatic heterocycles. The number of rotatable bonds is 2. The highest BCUT2D eigenvalue weighted by molar-refractivity contribution is 14.1. The molecule has 4 rings (SSSR count). The summed E-state index contributed by atoms with van der Waals surface area (Å²) in [5.74, 6) is -0.218. The summed E-state index contributed by atoms with van der Waals surface area (Å²) in [6.07, 6.45) is 2.37. The summed E-state index contributed by atoms with van der Waals surface area (Å²) in [5, 5.41) is 0. The molecule has 5 heteroatoms. The fourth-order valence-electron chi connectivity index (χ4n) is 4.82. The highest BCUT2D eigenvalue weighted by atomic mass is 127. The molecule has 0 radical (unpaired) electrons. The summed E-state index contributed by atoms with van der Waals surface area (Å²) in [6, 6.07) is 0. The van der Waals surface area contributed by atoms with Crippen molar-refractivity contribution in [2.75, 3.05) is 6.61 Å². The zero-order chi connectivity index (χ0) is 12.7. The molecule has 0 amide bonds. The third-order valence-electron chi connectivity index (χ3n) is 5.41. The first-order valence-electron chi connectivity index (χ1n) is 6.63. The van der Waals surface area contributed by atoms with Gasteiger partial charge in [-0.25, -0.2) is 0 Å². The number of ether oxygens (including phenoxy) is 2. The lowest BCUT2D eigenvalue weighted by Crippen LogP contribution is -2.38. The second-order valence-corrected chi connectivity index (χ2v) is 7.37. The number of halogens is 1. The van der Waals surface area contributed by atoms with E-state index in [-0.39, 0.29) is 45.1 Å².